The summed E-state index contributed by atoms with van der Waals surface area (Å²) in [5.74, 6) is 1.58. The molecule has 1 aliphatic carbocycles. The fourth-order valence-electron chi connectivity index (χ4n) is 2.95. The third-order valence-electron chi connectivity index (χ3n) is 4.10. The summed E-state index contributed by atoms with van der Waals surface area (Å²) in [6.45, 7) is 0.769. The first-order valence-corrected chi connectivity index (χ1v) is 9.05. The van der Waals surface area contributed by atoms with E-state index in [2.05, 4.69) is 56.1 Å². The van der Waals surface area contributed by atoms with Crippen LogP contribution in [-0.4, -0.2) is 6.61 Å². The Hall–Kier alpha value is -0.800. The van der Waals surface area contributed by atoms with Crippen LogP contribution in [0.15, 0.2) is 53.0 Å². The van der Waals surface area contributed by atoms with Gasteiger partial charge in [-0.05, 0) is 54.5 Å². The van der Waals surface area contributed by atoms with Crippen LogP contribution in [0.5, 0.6) is 5.75 Å². The van der Waals surface area contributed by atoms with Crippen molar-refractivity contribution in [2.24, 2.45) is 5.92 Å². The summed E-state index contributed by atoms with van der Waals surface area (Å²) in [6.07, 6.45) is 3.49. The number of alkyl halides is 1. The summed E-state index contributed by atoms with van der Waals surface area (Å²) in [7, 11) is 0. The van der Waals surface area contributed by atoms with E-state index < -0.39 is 0 Å². The van der Waals surface area contributed by atoms with E-state index in [1.807, 2.05) is 24.3 Å². The average Bonchev–Trinajstić information content (AvgIpc) is 2.50. The van der Waals surface area contributed by atoms with Gasteiger partial charge in [0.25, 0.3) is 0 Å². The lowest BCUT2D eigenvalue weighted by Crippen LogP contribution is -2.19. The Labute approximate surface area is 143 Å². The first kappa shape index (κ1) is 15.1. The quantitative estimate of drug-likeness (QED) is 0.569. The van der Waals surface area contributed by atoms with Crippen molar-refractivity contribution in [2.45, 2.75) is 24.1 Å². The summed E-state index contributed by atoms with van der Waals surface area (Å²) in [5.41, 5.74) is 2.94. The molecule has 0 amide bonds. The topological polar surface area (TPSA) is 9.23 Å². The minimum Gasteiger partial charge on any atom is -0.494 e. The second-order valence-electron chi connectivity index (χ2n) is 5.49. The molecule has 0 fully saturated rings. The number of ether oxygens (including phenoxy) is 1. The molecule has 1 nitrogen and oxygen atoms in total. The van der Waals surface area contributed by atoms with Gasteiger partial charge < -0.3 is 4.74 Å². The van der Waals surface area contributed by atoms with Gasteiger partial charge >= 0.3 is 0 Å². The Morgan fingerprint density at radius 1 is 1.10 bits per heavy atom. The zero-order valence-corrected chi connectivity index (χ0v) is 14.9. The third-order valence-corrected chi connectivity index (χ3v) is 5.84. The fourth-order valence-corrected chi connectivity index (χ4v) is 4.30. The Kier molecular flexibility index (Phi) is 5.02. The highest BCUT2D eigenvalue weighted by Gasteiger charge is 2.26. The first-order valence-electron chi connectivity index (χ1n) is 7.34. The predicted molar refractivity (Wildman–Crippen MR) is 94.2 cm³/mol. The van der Waals surface area contributed by atoms with Gasteiger partial charge in [0.2, 0.25) is 0 Å². The molecule has 2 aromatic carbocycles. The normalized spacial score (nSPS) is 20.9. The third kappa shape index (κ3) is 3.70. The summed E-state index contributed by atoms with van der Waals surface area (Å²) >= 11 is 7.36. The molecule has 3 heteroatoms. The molecule has 2 unspecified atom stereocenters. The van der Waals surface area contributed by atoms with Gasteiger partial charge in [-0.15, -0.1) is 0 Å². The lowest BCUT2D eigenvalue weighted by molar-refractivity contribution is 0.266. The van der Waals surface area contributed by atoms with Crippen LogP contribution in [0.3, 0.4) is 0 Å². The molecule has 0 bridgehead atoms. The summed E-state index contributed by atoms with van der Waals surface area (Å²) in [5, 5.41) is 0. The van der Waals surface area contributed by atoms with Crippen molar-refractivity contribution in [3.63, 3.8) is 0 Å². The monoisotopic (exact) mass is 408 g/mol. The zero-order valence-electron chi connectivity index (χ0n) is 11.8. The van der Waals surface area contributed by atoms with Crippen molar-refractivity contribution < 1.29 is 4.74 Å². The maximum absolute atomic E-state index is 5.88. The Bertz CT molecular complexity index is 612. The number of hydrogen-bond donors (Lipinski definition) is 0. The lowest BCUT2D eigenvalue weighted by atomic mass is 9.82. The van der Waals surface area contributed by atoms with Gasteiger partial charge in [-0.2, -0.15) is 0 Å². The van der Waals surface area contributed by atoms with E-state index in [1.54, 1.807) is 0 Å². The number of hydrogen-bond acceptors (Lipinski definition) is 1. The van der Waals surface area contributed by atoms with Crippen LogP contribution in [0.25, 0.3) is 0 Å². The molecule has 0 heterocycles. The van der Waals surface area contributed by atoms with E-state index >= 15 is 0 Å². The standard InChI is InChI=1S/C18H18Br2O/c19-15-5-3-6-16(12-15)21-11-10-14-9-8-13-4-1-2-7-17(13)18(14)20/h1-7,12,14,18H,8-11H2. The highest BCUT2D eigenvalue weighted by atomic mass is 79.9. The van der Waals surface area contributed by atoms with Crippen LogP contribution in [0.4, 0.5) is 0 Å². The highest BCUT2D eigenvalue weighted by Crippen LogP contribution is 2.42. The average molecular weight is 410 g/mol. The SMILES string of the molecule is Brc1cccc(OCCC2CCc3ccccc3C2Br)c1. The van der Waals surface area contributed by atoms with Gasteiger partial charge in [-0.1, -0.05) is 62.2 Å². The lowest BCUT2D eigenvalue weighted by Gasteiger charge is -2.30. The van der Waals surface area contributed by atoms with Crippen LogP contribution in [0.2, 0.25) is 0 Å². The zero-order chi connectivity index (χ0) is 14.7. The molecule has 1 aliphatic rings. The summed E-state index contributed by atoms with van der Waals surface area (Å²) < 4.78 is 6.94. The fraction of sp³-hybridized carbons (Fsp3) is 0.333. The number of fused-ring (bicyclic) bond motifs is 1. The number of rotatable bonds is 4. The molecule has 0 aliphatic heterocycles. The predicted octanol–water partition coefficient (Wildman–Crippen LogP) is 5.92. The molecule has 0 spiro atoms. The van der Waals surface area contributed by atoms with Crippen molar-refractivity contribution in [2.75, 3.05) is 6.61 Å². The van der Waals surface area contributed by atoms with Crippen LogP contribution >= 0.6 is 31.9 Å². The van der Waals surface area contributed by atoms with Crippen molar-refractivity contribution >= 4 is 31.9 Å². The molecular weight excluding hydrogens is 392 g/mol. The van der Waals surface area contributed by atoms with E-state index in [-0.39, 0.29) is 0 Å². The van der Waals surface area contributed by atoms with Crippen LogP contribution in [0, 0.1) is 5.92 Å². The molecule has 0 saturated carbocycles. The van der Waals surface area contributed by atoms with Crippen LogP contribution in [0.1, 0.15) is 28.8 Å². The van der Waals surface area contributed by atoms with Crippen LogP contribution in [-0.2, 0) is 6.42 Å². The van der Waals surface area contributed by atoms with Gasteiger partial charge in [0.15, 0.2) is 0 Å². The molecular formula is C18H18Br2O. The highest BCUT2D eigenvalue weighted by molar-refractivity contribution is 9.10. The second kappa shape index (κ2) is 6.97. The van der Waals surface area contributed by atoms with Crippen molar-refractivity contribution in [1.82, 2.24) is 0 Å². The Balaban J connectivity index is 1.57. The molecule has 21 heavy (non-hydrogen) atoms. The van der Waals surface area contributed by atoms with Crippen LogP contribution < -0.4 is 4.74 Å². The van der Waals surface area contributed by atoms with E-state index in [9.17, 15) is 0 Å². The van der Waals surface area contributed by atoms with Gasteiger partial charge in [-0.3, -0.25) is 0 Å². The molecule has 2 aromatic rings. The molecule has 0 aromatic heterocycles. The number of aryl methyl sites for hydroxylation is 1. The molecule has 0 saturated heterocycles. The summed E-state index contributed by atoms with van der Waals surface area (Å²) in [6, 6.07) is 16.8. The maximum Gasteiger partial charge on any atom is 0.120 e. The van der Waals surface area contributed by atoms with E-state index in [4.69, 9.17) is 4.74 Å². The van der Waals surface area contributed by atoms with Crippen molar-refractivity contribution in [3.8, 4) is 5.75 Å². The second-order valence-corrected chi connectivity index (χ2v) is 7.40. The van der Waals surface area contributed by atoms with E-state index in [0.29, 0.717) is 10.7 Å². The Morgan fingerprint density at radius 2 is 1.95 bits per heavy atom. The largest absolute Gasteiger partial charge is 0.494 e. The molecule has 2 atom stereocenters. The number of benzene rings is 2. The minimum absolute atomic E-state index is 0.452. The van der Waals surface area contributed by atoms with Crippen molar-refractivity contribution in [1.29, 1.82) is 0 Å². The van der Waals surface area contributed by atoms with Gasteiger partial charge in [0.1, 0.15) is 5.75 Å². The molecule has 110 valence electrons. The van der Waals surface area contributed by atoms with E-state index in [1.165, 1.54) is 24.0 Å². The van der Waals surface area contributed by atoms with Gasteiger partial charge in [-0.25, -0.2) is 0 Å². The van der Waals surface area contributed by atoms with Crippen molar-refractivity contribution in [3.05, 3.63) is 64.1 Å². The molecule has 0 radical (unpaired) electrons. The van der Waals surface area contributed by atoms with E-state index in [0.717, 1.165) is 23.2 Å². The molecule has 0 N–H and O–H groups in total. The number of halogens is 2. The summed E-state index contributed by atoms with van der Waals surface area (Å²) in [4.78, 5) is 0.452. The minimum atomic E-state index is 0.452. The van der Waals surface area contributed by atoms with Gasteiger partial charge in [0, 0.05) is 9.30 Å². The Morgan fingerprint density at radius 3 is 2.81 bits per heavy atom. The van der Waals surface area contributed by atoms with Gasteiger partial charge in [0.05, 0.1) is 6.61 Å². The smallest absolute Gasteiger partial charge is 0.120 e. The maximum atomic E-state index is 5.88. The molecule has 3 rings (SSSR count). The first-order chi connectivity index (χ1) is 10.2.